The molecule has 1 N–H and O–H groups in total. The molecule has 78 valence electrons. The van der Waals surface area contributed by atoms with Crippen LogP contribution in [0.2, 0.25) is 0 Å². The lowest BCUT2D eigenvalue weighted by molar-refractivity contribution is 1.10. The van der Waals surface area contributed by atoms with Gasteiger partial charge in [0, 0.05) is 36.3 Å². The Labute approximate surface area is 90.4 Å². The number of aromatic nitrogens is 4. The summed E-state index contributed by atoms with van der Waals surface area (Å²) in [7, 11) is 0. The molecule has 0 saturated heterocycles. The van der Waals surface area contributed by atoms with Gasteiger partial charge in [0.2, 0.25) is 0 Å². The average Bonchev–Trinajstić information content (AvgIpc) is 2.73. The number of H-pyrrole nitrogens is 1. The standard InChI is InChI=1S/C11H8N4O/c16-9-3-5-15-10(6-9)13-14-11(15)8-2-1-4-12-7-8/h1-7,13H. The van der Waals surface area contributed by atoms with Gasteiger partial charge in [0.1, 0.15) is 5.65 Å². The summed E-state index contributed by atoms with van der Waals surface area (Å²) in [5.41, 5.74) is 1.53. The first kappa shape index (κ1) is 8.84. The Morgan fingerprint density at radius 1 is 1.31 bits per heavy atom. The van der Waals surface area contributed by atoms with Crippen molar-refractivity contribution in [2.24, 2.45) is 0 Å². The number of nitrogens with zero attached hydrogens (tertiary/aromatic N) is 3. The van der Waals surface area contributed by atoms with Crippen molar-refractivity contribution in [1.82, 2.24) is 19.6 Å². The van der Waals surface area contributed by atoms with E-state index in [1.165, 1.54) is 12.1 Å². The Hall–Kier alpha value is -2.43. The third-order valence-corrected chi connectivity index (χ3v) is 2.35. The van der Waals surface area contributed by atoms with Crippen LogP contribution < -0.4 is 5.43 Å². The highest BCUT2D eigenvalue weighted by molar-refractivity contribution is 5.57. The van der Waals surface area contributed by atoms with Crippen molar-refractivity contribution in [2.75, 3.05) is 0 Å². The van der Waals surface area contributed by atoms with E-state index in [0.29, 0.717) is 5.65 Å². The summed E-state index contributed by atoms with van der Waals surface area (Å²) in [5, 5.41) is 6.98. The number of hydrogen-bond acceptors (Lipinski definition) is 3. The smallest absolute Gasteiger partial charge is 0.183 e. The number of aromatic amines is 1. The highest BCUT2D eigenvalue weighted by atomic mass is 16.1. The molecule has 16 heavy (non-hydrogen) atoms. The minimum atomic E-state index is -0.0404. The van der Waals surface area contributed by atoms with Gasteiger partial charge in [-0.2, -0.15) is 5.10 Å². The Bertz CT molecular complexity index is 684. The molecule has 5 nitrogen and oxygen atoms in total. The predicted molar refractivity (Wildman–Crippen MR) is 59.0 cm³/mol. The number of hydrogen-bond donors (Lipinski definition) is 1. The third kappa shape index (κ3) is 1.30. The Morgan fingerprint density at radius 3 is 3.06 bits per heavy atom. The highest BCUT2D eigenvalue weighted by Crippen LogP contribution is 2.15. The molecule has 3 heterocycles. The first-order chi connectivity index (χ1) is 7.84. The molecule has 0 amide bonds. The number of fused-ring (bicyclic) bond motifs is 1. The van der Waals surface area contributed by atoms with Crippen LogP contribution in [0.25, 0.3) is 17.0 Å². The fourth-order valence-corrected chi connectivity index (χ4v) is 1.61. The van der Waals surface area contributed by atoms with Crippen LogP contribution in [0.5, 0.6) is 0 Å². The number of rotatable bonds is 1. The summed E-state index contributed by atoms with van der Waals surface area (Å²) >= 11 is 0. The second-order valence-electron chi connectivity index (χ2n) is 3.41. The Kier molecular flexibility index (Phi) is 1.83. The summed E-state index contributed by atoms with van der Waals surface area (Å²) < 4.78 is 1.82. The second-order valence-corrected chi connectivity index (χ2v) is 3.41. The molecule has 5 heteroatoms. The molecule has 0 bridgehead atoms. The molecular weight excluding hydrogens is 204 g/mol. The largest absolute Gasteiger partial charge is 0.290 e. The summed E-state index contributed by atoms with van der Waals surface area (Å²) in [4.78, 5) is 15.2. The van der Waals surface area contributed by atoms with Gasteiger partial charge in [0.05, 0.1) is 0 Å². The third-order valence-electron chi connectivity index (χ3n) is 2.35. The molecule has 0 unspecified atom stereocenters. The van der Waals surface area contributed by atoms with Crippen LogP contribution >= 0.6 is 0 Å². The van der Waals surface area contributed by atoms with E-state index in [9.17, 15) is 4.79 Å². The lowest BCUT2D eigenvalue weighted by atomic mass is 10.3. The quantitative estimate of drug-likeness (QED) is 0.656. The van der Waals surface area contributed by atoms with E-state index < -0.39 is 0 Å². The summed E-state index contributed by atoms with van der Waals surface area (Å²) in [6.45, 7) is 0. The summed E-state index contributed by atoms with van der Waals surface area (Å²) in [5.74, 6) is 0.739. The monoisotopic (exact) mass is 212 g/mol. The maximum Gasteiger partial charge on any atom is 0.183 e. The van der Waals surface area contributed by atoms with Crippen LogP contribution in [-0.2, 0) is 0 Å². The van der Waals surface area contributed by atoms with Gasteiger partial charge in [-0.3, -0.25) is 19.3 Å². The molecular formula is C11H8N4O. The molecule has 0 aliphatic rings. The van der Waals surface area contributed by atoms with Gasteiger partial charge in [-0.1, -0.05) is 0 Å². The molecule has 0 saturated carbocycles. The Balaban J connectivity index is 2.30. The van der Waals surface area contributed by atoms with Gasteiger partial charge in [-0.05, 0) is 12.1 Å². The van der Waals surface area contributed by atoms with Gasteiger partial charge in [-0.25, -0.2) is 0 Å². The van der Waals surface area contributed by atoms with Crippen molar-refractivity contribution in [3.63, 3.8) is 0 Å². The van der Waals surface area contributed by atoms with Crippen LogP contribution in [-0.4, -0.2) is 19.6 Å². The van der Waals surface area contributed by atoms with Gasteiger partial charge in [0.15, 0.2) is 11.3 Å². The van der Waals surface area contributed by atoms with Gasteiger partial charge in [-0.15, -0.1) is 0 Å². The molecule has 0 aliphatic carbocycles. The van der Waals surface area contributed by atoms with E-state index in [1.807, 2.05) is 16.5 Å². The predicted octanol–water partition coefficient (Wildman–Crippen LogP) is 1.08. The summed E-state index contributed by atoms with van der Waals surface area (Å²) in [6, 6.07) is 6.77. The lowest BCUT2D eigenvalue weighted by Gasteiger charge is -1.97. The van der Waals surface area contributed by atoms with E-state index in [4.69, 9.17) is 0 Å². The fraction of sp³-hybridized carbons (Fsp3) is 0. The normalized spacial score (nSPS) is 10.8. The SMILES string of the molecule is O=c1ccn2c(-c3cccnc3)n[nH]c2c1. The molecule has 0 atom stereocenters. The molecule has 0 fully saturated rings. The summed E-state index contributed by atoms with van der Waals surface area (Å²) in [6.07, 6.45) is 5.13. The first-order valence-electron chi connectivity index (χ1n) is 4.82. The van der Waals surface area contributed by atoms with Gasteiger partial charge in [0.25, 0.3) is 0 Å². The van der Waals surface area contributed by atoms with E-state index in [0.717, 1.165) is 11.4 Å². The van der Waals surface area contributed by atoms with Crippen molar-refractivity contribution in [3.8, 4) is 11.4 Å². The minimum absolute atomic E-state index is 0.0404. The zero-order valence-corrected chi connectivity index (χ0v) is 8.29. The highest BCUT2D eigenvalue weighted by Gasteiger charge is 2.06. The van der Waals surface area contributed by atoms with Gasteiger partial charge < -0.3 is 0 Å². The van der Waals surface area contributed by atoms with Crippen molar-refractivity contribution in [1.29, 1.82) is 0 Å². The van der Waals surface area contributed by atoms with Crippen LogP contribution in [0.1, 0.15) is 0 Å². The van der Waals surface area contributed by atoms with Crippen molar-refractivity contribution in [2.45, 2.75) is 0 Å². The average molecular weight is 212 g/mol. The van der Waals surface area contributed by atoms with Gasteiger partial charge >= 0.3 is 0 Å². The van der Waals surface area contributed by atoms with E-state index in [1.54, 1.807) is 18.6 Å². The Morgan fingerprint density at radius 2 is 2.25 bits per heavy atom. The maximum atomic E-state index is 11.2. The minimum Gasteiger partial charge on any atom is -0.290 e. The lowest BCUT2D eigenvalue weighted by Crippen LogP contribution is -1.99. The van der Waals surface area contributed by atoms with E-state index in [2.05, 4.69) is 15.2 Å². The zero-order valence-electron chi connectivity index (χ0n) is 8.29. The number of nitrogens with one attached hydrogen (secondary N) is 1. The van der Waals surface area contributed by atoms with Crippen LogP contribution in [0.3, 0.4) is 0 Å². The maximum absolute atomic E-state index is 11.2. The van der Waals surface area contributed by atoms with Crippen molar-refractivity contribution < 1.29 is 0 Å². The van der Waals surface area contributed by atoms with Crippen molar-refractivity contribution >= 4 is 5.65 Å². The fourth-order valence-electron chi connectivity index (χ4n) is 1.61. The topological polar surface area (TPSA) is 63.1 Å². The molecule has 3 rings (SSSR count). The van der Waals surface area contributed by atoms with Crippen LogP contribution in [0, 0.1) is 0 Å². The zero-order chi connectivity index (χ0) is 11.0. The first-order valence-corrected chi connectivity index (χ1v) is 4.82. The number of pyridine rings is 2. The molecule has 0 spiro atoms. The van der Waals surface area contributed by atoms with E-state index in [-0.39, 0.29) is 5.43 Å². The molecule has 3 aromatic rings. The van der Waals surface area contributed by atoms with Crippen LogP contribution in [0.15, 0.2) is 47.7 Å². The van der Waals surface area contributed by atoms with Crippen molar-refractivity contribution in [3.05, 3.63) is 53.1 Å². The molecule has 0 aliphatic heterocycles. The molecule has 0 radical (unpaired) electrons. The second kappa shape index (κ2) is 3.30. The van der Waals surface area contributed by atoms with Crippen LogP contribution in [0.4, 0.5) is 0 Å². The van der Waals surface area contributed by atoms with E-state index >= 15 is 0 Å². The molecule has 3 aromatic heterocycles. The molecule has 0 aromatic carbocycles.